The largest absolute Gasteiger partial charge is 0.506 e. The van der Waals surface area contributed by atoms with Crippen molar-refractivity contribution < 1.29 is 5.11 Å². The summed E-state index contributed by atoms with van der Waals surface area (Å²) in [5, 5.41) is 9.53. The molecule has 1 aliphatic carbocycles. The summed E-state index contributed by atoms with van der Waals surface area (Å²) in [7, 11) is 0. The Kier molecular flexibility index (Phi) is 1.38. The fraction of sp³-hybridized carbons (Fsp3) is 0.500. The first-order valence-corrected chi connectivity index (χ1v) is 4.74. The van der Waals surface area contributed by atoms with Crippen LogP contribution in [0, 0.1) is 0 Å². The highest BCUT2D eigenvalue weighted by atomic mass is 16.3. The Balaban J connectivity index is 1.95. The van der Waals surface area contributed by atoms with Gasteiger partial charge >= 0.3 is 0 Å². The van der Waals surface area contributed by atoms with Crippen molar-refractivity contribution in [3.8, 4) is 0 Å². The maximum absolute atomic E-state index is 9.53. The molecule has 68 valence electrons. The van der Waals surface area contributed by atoms with Gasteiger partial charge < -0.3 is 5.11 Å². The van der Waals surface area contributed by atoms with Gasteiger partial charge in [0.2, 0.25) is 0 Å². The predicted octanol–water partition coefficient (Wildman–Crippen LogP) is 1.24. The van der Waals surface area contributed by atoms with Gasteiger partial charge in [-0.3, -0.25) is 9.89 Å². The van der Waals surface area contributed by atoms with Crippen LogP contribution in [-0.2, 0) is 0 Å². The molecule has 0 spiro atoms. The number of nitrogens with zero attached hydrogens (tertiary/aromatic N) is 2. The minimum absolute atomic E-state index is 0.292. The van der Waals surface area contributed by atoms with Crippen LogP contribution >= 0.6 is 0 Å². The zero-order chi connectivity index (χ0) is 8.84. The highest BCUT2D eigenvalue weighted by molar-refractivity contribution is 6.05. The van der Waals surface area contributed by atoms with Crippen molar-refractivity contribution in [1.29, 1.82) is 0 Å². The lowest BCUT2D eigenvalue weighted by atomic mass is 10.1. The highest BCUT2D eigenvalue weighted by Crippen LogP contribution is 2.31. The summed E-state index contributed by atoms with van der Waals surface area (Å²) in [5.74, 6) is 0.402. The lowest BCUT2D eigenvalue weighted by molar-refractivity contribution is 0.213. The van der Waals surface area contributed by atoms with Crippen LogP contribution in [0.3, 0.4) is 0 Å². The molecule has 0 bridgehead atoms. The molecule has 1 N–H and O–H groups in total. The van der Waals surface area contributed by atoms with E-state index in [4.69, 9.17) is 0 Å². The zero-order valence-electron chi connectivity index (χ0n) is 7.35. The van der Waals surface area contributed by atoms with Crippen LogP contribution in [0.25, 0.3) is 0 Å². The summed E-state index contributed by atoms with van der Waals surface area (Å²) in [6, 6.07) is 0.356. The Labute approximate surface area is 77.1 Å². The number of fused-ring (bicyclic) bond motifs is 3. The van der Waals surface area contributed by atoms with Crippen molar-refractivity contribution >= 4 is 5.71 Å². The van der Waals surface area contributed by atoms with Crippen LogP contribution in [0.15, 0.2) is 29.0 Å². The van der Waals surface area contributed by atoms with Gasteiger partial charge in [0.1, 0.15) is 11.9 Å². The standard InChI is InChI=1S/C10H12N2O/c13-8-5-4-7-10(8)11-9-3-1-2-6-12(7)9/h1-2,5,7,9,13H,3-4,6H2. The molecule has 2 unspecified atom stereocenters. The lowest BCUT2D eigenvalue weighted by Gasteiger charge is -2.28. The predicted molar refractivity (Wildman–Crippen MR) is 50.8 cm³/mol. The van der Waals surface area contributed by atoms with Crippen LogP contribution in [0.1, 0.15) is 12.8 Å². The third-order valence-electron chi connectivity index (χ3n) is 3.01. The van der Waals surface area contributed by atoms with E-state index in [-0.39, 0.29) is 0 Å². The van der Waals surface area contributed by atoms with E-state index in [0.717, 1.165) is 25.1 Å². The Morgan fingerprint density at radius 1 is 1.38 bits per heavy atom. The number of hydrogen-bond acceptors (Lipinski definition) is 3. The number of aliphatic hydroxyl groups excluding tert-OH is 1. The van der Waals surface area contributed by atoms with Gasteiger partial charge in [-0.05, 0) is 12.5 Å². The molecule has 0 amide bonds. The fourth-order valence-electron chi connectivity index (χ4n) is 2.35. The molecule has 0 aromatic heterocycles. The van der Waals surface area contributed by atoms with Crippen LogP contribution in [0.4, 0.5) is 0 Å². The Hall–Kier alpha value is -1.09. The molecule has 2 aliphatic heterocycles. The van der Waals surface area contributed by atoms with E-state index < -0.39 is 0 Å². The summed E-state index contributed by atoms with van der Waals surface area (Å²) in [6.07, 6.45) is 8.44. The zero-order valence-corrected chi connectivity index (χ0v) is 7.35. The minimum Gasteiger partial charge on any atom is -0.506 e. The first-order valence-electron chi connectivity index (χ1n) is 4.74. The Bertz CT molecular complexity index is 330. The number of aliphatic hydroxyl groups is 1. The van der Waals surface area contributed by atoms with E-state index in [1.807, 2.05) is 6.08 Å². The SMILES string of the molecule is OC1=CCC2C1=NC1CC=CCN12. The maximum Gasteiger partial charge on any atom is 0.134 e. The van der Waals surface area contributed by atoms with Crippen LogP contribution in [0.5, 0.6) is 0 Å². The third kappa shape index (κ3) is 0.907. The smallest absolute Gasteiger partial charge is 0.134 e. The second-order valence-electron chi connectivity index (χ2n) is 3.74. The molecular formula is C10H12N2O. The second kappa shape index (κ2) is 2.45. The lowest BCUT2D eigenvalue weighted by Crippen LogP contribution is -2.40. The van der Waals surface area contributed by atoms with E-state index in [2.05, 4.69) is 22.0 Å². The molecule has 2 heterocycles. The molecule has 0 saturated heterocycles. The molecule has 0 radical (unpaired) electrons. The molecule has 2 atom stereocenters. The van der Waals surface area contributed by atoms with Crippen molar-refractivity contribution in [2.24, 2.45) is 4.99 Å². The fourth-order valence-corrected chi connectivity index (χ4v) is 2.35. The van der Waals surface area contributed by atoms with Crippen molar-refractivity contribution in [2.45, 2.75) is 25.0 Å². The van der Waals surface area contributed by atoms with Gasteiger partial charge in [-0.1, -0.05) is 12.2 Å². The summed E-state index contributed by atoms with van der Waals surface area (Å²) >= 11 is 0. The van der Waals surface area contributed by atoms with E-state index in [1.54, 1.807) is 0 Å². The van der Waals surface area contributed by atoms with Crippen LogP contribution in [-0.4, -0.2) is 34.5 Å². The first kappa shape index (κ1) is 7.33. The Morgan fingerprint density at radius 3 is 3.23 bits per heavy atom. The summed E-state index contributed by atoms with van der Waals surface area (Å²) < 4.78 is 0. The van der Waals surface area contributed by atoms with Gasteiger partial charge in [0.25, 0.3) is 0 Å². The van der Waals surface area contributed by atoms with Gasteiger partial charge in [0.15, 0.2) is 0 Å². The van der Waals surface area contributed by atoms with E-state index in [9.17, 15) is 5.11 Å². The topological polar surface area (TPSA) is 35.8 Å². The molecule has 0 saturated carbocycles. The molecule has 0 aromatic carbocycles. The van der Waals surface area contributed by atoms with Crippen LogP contribution < -0.4 is 0 Å². The molecule has 13 heavy (non-hydrogen) atoms. The van der Waals surface area contributed by atoms with Gasteiger partial charge in [-0.15, -0.1) is 0 Å². The van der Waals surface area contributed by atoms with E-state index in [0.29, 0.717) is 18.0 Å². The molecule has 3 nitrogen and oxygen atoms in total. The first-order chi connectivity index (χ1) is 6.36. The molecule has 0 aromatic rings. The number of aliphatic imine (C=N–C) groups is 1. The quantitative estimate of drug-likeness (QED) is 0.564. The van der Waals surface area contributed by atoms with Crippen LogP contribution in [0.2, 0.25) is 0 Å². The number of hydrogen-bond donors (Lipinski definition) is 1. The normalized spacial score (nSPS) is 36.9. The molecule has 3 rings (SSSR count). The van der Waals surface area contributed by atoms with Gasteiger partial charge in [-0.2, -0.15) is 0 Å². The summed E-state index contributed by atoms with van der Waals surface area (Å²) in [6.45, 7) is 0.976. The van der Waals surface area contributed by atoms with E-state index in [1.165, 1.54) is 0 Å². The summed E-state index contributed by atoms with van der Waals surface area (Å²) in [5.41, 5.74) is 0.911. The summed E-state index contributed by atoms with van der Waals surface area (Å²) in [4.78, 5) is 6.88. The highest BCUT2D eigenvalue weighted by Gasteiger charge is 2.39. The van der Waals surface area contributed by atoms with E-state index >= 15 is 0 Å². The minimum atomic E-state index is 0.292. The average Bonchev–Trinajstić information content (AvgIpc) is 2.67. The van der Waals surface area contributed by atoms with Gasteiger partial charge in [0.05, 0.1) is 11.8 Å². The molecule has 3 heteroatoms. The van der Waals surface area contributed by atoms with Crippen molar-refractivity contribution in [1.82, 2.24) is 4.90 Å². The van der Waals surface area contributed by atoms with Crippen molar-refractivity contribution in [3.05, 3.63) is 24.0 Å². The monoisotopic (exact) mass is 176 g/mol. The maximum atomic E-state index is 9.53. The van der Waals surface area contributed by atoms with Crippen molar-refractivity contribution in [2.75, 3.05) is 6.54 Å². The van der Waals surface area contributed by atoms with Crippen molar-refractivity contribution in [3.63, 3.8) is 0 Å². The molecule has 0 fully saturated rings. The third-order valence-corrected chi connectivity index (χ3v) is 3.01. The Morgan fingerprint density at radius 2 is 2.31 bits per heavy atom. The molecule has 3 aliphatic rings. The van der Waals surface area contributed by atoms with Gasteiger partial charge in [0, 0.05) is 13.0 Å². The second-order valence-corrected chi connectivity index (χ2v) is 3.74. The molecular weight excluding hydrogens is 164 g/mol. The average molecular weight is 176 g/mol. The van der Waals surface area contributed by atoms with Gasteiger partial charge in [-0.25, -0.2) is 0 Å². The number of rotatable bonds is 0.